The molecule has 0 bridgehead atoms. The van der Waals surface area contributed by atoms with Crippen LogP contribution in [0.4, 0.5) is 14.9 Å². The minimum absolute atomic E-state index is 0.132. The van der Waals surface area contributed by atoms with Crippen molar-refractivity contribution in [2.45, 2.75) is 12.8 Å². The van der Waals surface area contributed by atoms with Gasteiger partial charge >= 0.3 is 6.03 Å². The van der Waals surface area contributed by atoms with E-state index in [0.717, 1.165) is 32.5 Å². The van der Waals surface area contributed by atoms with Crippen LogP contribution in [0.1, 0.15) is 12.8 Å². The molecule has 1 N–H and O–H groups in total. The summed E-state index contributed by atoms with van der Waals surface area (Å²) in [6, 6.07) is 5.65. The molecular formula is C16H21FN2O2. The molecule has 2 amide bonds. The number of benzene rings is 1. The number of carbonyl (C=O) groups excluding carboxylic acids is 1. The van der Waals surface area contributed by atoms with Gasteiger partial charge in [-0.25, -0.2) is 9.18 Å². The van der Waals surface area contributed by atoms with Crippen molar-refractivity contribution >= 4 is 11.7 Å². The molecule has 5 heteroatoms. The topological polar surface area (TPSA) is 41.6 Å². The van der Waals surface area contributed by atoms with E-state index in [1.807, 2.05) is 0 Å². The maximum Gasteiger partial charge on any atom is 0.321 e. The van der Waals surface area contributed by atoms with Gasteiger partial charge in [0, 0.05) is 25.4 Å². The largest absolute Gasteiger partial charge is 0.377 e. The molecule has 1 aliphatic rings. The number of hydrogen-bond acceptors (Lipinski definition) is 2. The molecule has 1 heterocycles. The monoisotopic (exact) mass is 292 g/mol. The zero-order chi connectivity index (χ0) is 15.1. The van der Waals surface area contributed by atoms with Gasteiger partial charge in [-0.2, -0.15) is 0 Å². The van der Waals surface area contributed by atoms with Crippen LogP contribution < -0.4 is 5.32 Å². The summed E-state index contributed by atoms with van der Waals surface area (Å²) in [5.41, 5.74) is 0.609. The Bertz CT molecular complexity index is 468. The van der Waals surface area contributed by atoms with E-state index in [0.29, 0.717) is 18.2 Å². The van der Waals surface area contributed by atoms with Crippen molar-refractivity contribution in [2.24, 2.45) is 5.92 Å². The van der Waals surface area contributed by atoms with Gasteiger partial charge in [0.15, 0.2) is 0 Å². The van der Waals surface area contributed by atoms with Crippen molar-refractivity contribution in [3.63, 3.8) is 0 Å². The number of nitrogens with one attached hydrogen (secondary N) is 1. The van der Waals surface area contributed by atoms with Gasteiger partial charge < -0.3 is 15.0 Å². The molecule has 1 saturated heterocycles. The molecule has 0 atom stereocenters. The maximum absolute atomic E-state index is 12.8. The molecule has 0 spiro atoms. The number of carbonyl (C=O) groups is 1. The highest BCUT2D eigenvalue weighted by Gasteiger charge is 2.22. The minimum Gasteiger partial charge on any atom is -0.377 e. The van der Waals surface area contributed by atoms with Crippen molar-refractivity contribution < 1.29 is 13.9 Å². The number of rotatable bonds is 5. The van der Waals surface area contributed by atoms with Crippen LogP contribution in [0, 0.1) is 11.7 Å². The molecule has 1 aromatic carbocycles. The van der Waals surface area contributed by atoms with Crippen LogP contribution in [0.15, 0.2) is 36.9 Å². The first-order chi connectivity index (χ1) is 10.2. The fourth-order valence-electron chi connectivity index (χ4n) is 2.36. The van der Waals surface area contributed by atoms with Crippen LogP contribution in [0.25, 0.3) is 0 Å². The maximum atomic E-state index is 12.8. The Balaban J connectivity index is 1.75. The molecule has 114 valence electrons. The average molecular weight is 292 g/mol. The first kappa shape index (κ1) is 15.5. The summed E-state index contributed by atoms with van der Waals surface area (Å²) >= 11 is 0. The number of likely N-dealkylation sites (tertiary alicyclic amines) is 1. The van der Waals surface area contributed by atoms with E-state index in [1.165, 1.54) is 12.1 Å². The molecule has 4 nitrogen and oxygen atoms in total. The van der Waals surface area contributed by atoms with Crippen LogP contribution in [-0.4, -0.2) is 37.2 Å². The van der Waals surface area contributed by atoms with Gasteiger partial charge in [-0.15, -0.1) is 6.58 Å². The third-order valence-electron chi connectivity index (χ3n) is 3.59. The first-order valence-electron chi connectivity index (χ1n) is 7.19. The third-order valence-corrected chi connectivity index (χ3v) is 3.59. The quantitative estimate of drug-likeness (QED) is 0.668. The van der Waals surface area contributed by atoms with E-state index in [2.05, 4.69) is 11.9 Å². The summed E-state index contributed by atoms with van der Waals surface area (Å²) in [5, 5.41) is 2.78. The number of anilines is 1. The second-order valence-corrected chi connectivity index (χ2v) is 5.19. The van der Waals surface area contributed by atoms with Crippen molar-refractivity contribution in [3.05, 3.63) is 42.7 Å². The van der Waals surface area contributed by atoms with Gasteiger partial charge in [-0.1, -0.05) is 6.08 Å². The van der Waals surface area contributed by atoms with Crippen LogP contribution in [-0.2, 0) is 4.74 Å². The predicted molar refractivity (Wildman–Crippen MR) is 80.7 cm³/mol. The predicted octanol–water partition coefficient (Wildman–Crippen LogP) is 3.27. The summed E-state index contributed by atoms with van der Waals surface area (Å²) < 4.78 is 18.3. The lowest BCUT2D eigenvalue weighted by molar-refractivity contribution is 0.0906. The molecule has 0 aromatic heterocycles. The normalized spacial score (nSPS) is 15.8. The summed E-state index contributed by atoms with van der Waals surface area (Å²) in [6.45, 7) is 6.35. The average Bonchev–Trinajstić information content (AvgIpc) is 2.50. The summed E-state index contributed by atoms with van der Waals surface area (Å²) in [7, 11) is 0. The van der Waals surface area contributed by atoms with E-state index in [4.69, 9.17) is 4.74 Å². The molecule has 21 heavy (non-hydrogen) atoms. The third kappa shape index (κ3) is 4.86. The number of ether oxygens (including phenoxy) is 1. The first-order valence-corrected chi connectivity index (χ1v) is 7.19. The molecule has 0 aliphatic carbocycles. The van der Waals surface area contributed by atoms with E-state index < -0.39 is 0 Å². The summed E-state index contributed by atoms with van der Waals surface area (Å²) in [4.78, 5) is 13.9. The Kier molecular flexibility index (Phi) is 5.75. The number of hydrogen-bond donors (Lipinski definition) is 1. The highest BCUT2D eigenvalue weighted by atomic mass is 19.1. The van der Waals surface area contributed by atoms with Gasteiger partial charge in [0.2, 0.25) is 0 Å². The van der Waals surface area contributed by atoms with Crippen molar-refractivity contribution in [1.29, 1.82) is 0 Å². The minimum atomic E-state index is -0.312. The van der Waals surface area contributed by atoms with E-state index in [9.17, 15) is 9.18 Å². The molecule has 1 fully saturated rings. The van der Waals surface area contributed by atoms with Gasteiger partial charge in [0.1, 0.15) is 5.82 Å². The second-order valence-electron chi connectivity index (χ2n) is 5.19. The van der Waals surface area contributed by atoms with Crippen LogP contribution in [0.3, 0.4) is 0 Å². The van der Waals surface area contributed by atoms with E-state index in [1.54, 1.807) is 23.1 Å². The smallest absolute Gasteiger partial charge is 0.321 e. The SMILES string of the molecule is C=CCOCC1CCN(C(=O)Nc2ccc(F)cc2)CC1. The Morgan fingerprint density at radius 3 is 2.67 bits per heavy atom. The zero-order valence-corrected chi connectivity index (χ0v) is 12.1. The fraction of sp³-hybridized carbons (Fsp3) is 0.438. The van der Waals surface area contributed by atoms with Gasteiger partial charge in [-0.3, -0.25) is 0 Å². The zero-order valence-electron chi connectivity index (χ0n) is 12.1. The lowest BCUT2D eigenvalue weighted by Crippen LogP contribution is -2.41. The lowest BCUT2D eigenvalue weighted by Gasteiger charge is -2.31. The van der Waals surface area contributed by atoms with Crippen molar-refractivity contribution in [2.75, 3.05) is 31.6 Å². The number of amides is 2. The Morgan fingerprint density at radius 1 is 1.38 bits per heavy atom. The number of nitrogens with zero attached hydrogens (tertiary/aromatic N) is 1. The van der Waals surface area contributed by atoms with Gasteiger partial charge in [0.05, 0.1) is 6.61 Å². The molecule has 2 rings (SSSR count). The van der Waals surface area contributed by atoms with Gasteiger partial charge in [-0.05, 0) is 43.0 Å². The second kappa shape index (κ2) is 7.78. The summed E-state index contributed by atoms with van der Waals surface area (Å²) in [5.74, 6) is 0.188. The number of piperidine rings is 1. The van der Waals surface area contributed by atoms with Crippen LogP contribution >= 0.6 is 0 Å². The van der Waals surface area contributed by atoms with E-state index >= 15 is 0 Å². The molecule has 0 unspecified atom stereocenters. The molecule has 1 aliphatic heterocycles. The van der Waals surface area contributed by atoms with Crippen molar-refractivity contribution in [3.8, 4) is 0 Å². The fourth-order valence-corrected chi connectivity index (χ4v) is 2.36. The van der Waals surface area contributed by atoms with Crippen LogP contribution in [0.2, 0.25) is 0 Å². The van der Waals surface area contributed by atoms with Crippen LogP contribution in [0.5, 0.6) is 0 Å². The number of urea groups is 1. The Hall–Kier alpha value is -1.88. The van der Waals surface area contributed by atoms with E-state index in [-0.39, 0.29) is 11.8 Å². The summed E-state index contributed by atoms with van der Waals surface area (Å²) in [6.07, 6.45) is 3.62. The van der Waals surface area contributed by atoms with Gasteiger partial charge in [0.25, 0.3) is 0 Å². The Morgan fingerprint density at radius 2 is 2.05 bits per heavy atom. The molecule has 0 radical (unpaired) electrons. The Labute approximate surface area is 124 Å². The van der Waals surface area contributed by atoms with Crippen molar-refractivity contribution in [1.82, 2.24) is 4.90 Å². The number of halogens is 1. The standard InChI is InChI=1S/C16H21FN2O2/c1-2-11-21-12-13-7-9-19(10-8-13)16(20)18-15-5-3-14(17)4-6-15/h2-6,13H,1,7-12H2,(H,18,20). The molecule has 0 saturated carbocycles. The molecular weight excluding hydrogens is 271 g/mol. The molecule has 1 aromatic rings. The highest BCUT2D eigenvalue weighted by molar-refractivity contribution is 5.89. The highest BCUT2D eigenvalue weighted by Crippen LogP contribution is 2.18. The lowest BCUT2D eigenvalue weighted by atomic mass is 9.98.